The average Bonchev–Trinajstić information content (AvgIpc) is 1.65. The topological polar surface area (TPSA) is 3.24 Å². The molecule has 0 bridgehead atoms. The molecule has 0 aromatic carbocycles. The number of nitrogens with zero attached hydrogens (tertiary/aromatic N) is 1. The number of hydrogen-bond acceptors (Lipinski definition) is 1. The van der Waals surface area contributed by atoms with Gasteiger partial charge in [0.25, 0.3) is 0 Å². The van der Waals surface area contributed by atoms with Crippen LogP contribution in [0.1, 0.15) is 6.92 Å². The quantitative estimate of drug-likeness (QED) is 0.435. The SMILES string of the molecule is C#CC(C)N([CH2])C. The van der Waals surface area contributed by atoms with Crippen molar-refractivity contribution in [2.75, 3.05) is 7.05 Å². The van der Waals surface area contributed by atoms with Crippen LogP contribution in [-0.2, 0) is 0 Å². The van der Waals surface area contributed by atoms with Crippen molar-refractivity contribution in [1.82, 2.24) is 4.90 Å². The molecule has 0 saturated heterocycles. The zero-order valence-electron chi connectivity index (χ0n) is 4.81. The molecular formula is C6H10N. The van der Waals surface area contributed by atoms with E-state index in [1.54, 1.807) is 4.90 Å². The van der Waals surface area contributed by atoms with Crippen LogP contribution in [-0.4, -0.2) is 18.0 Å². The maximum Gasteiger partial charge on any atom is 0.0681 e. The first-order valence-electron chi connectivity index (χ1n) is 2.18. The number of rotatable bonds is 1. The Morgan fingerprint density at radius 2 is 2.29 bits per heavy atom. The summed E-state index contributed by atoms with van der Waals surface area (Å²) in [5.74, 6) is 2.53. The summed E-state index contributed by atoms with van der Waals surface area (Å²) in [6.07, 6.45) is 5.04. The van der Waals surface area contributed by atoms with Gasteiger partial charge >= 0.3 is 0 Å². The molecule has 0 aromatic rings. The lowest BCUT2D eigenvalue weighted by Gasteiger charge is -2.11. The van der Waals surface area contributed by atoms with E-state index in [0.717, 1.165) is 0 Å². The van der Waals surface area contributed by atoms with Crippen molar-refractivity contribution in [3.05, 3.63) is 7.05 Å². The van der Waals surface area contributed by atoms with E-state index in [4.69, 9.17) is 6.42 Å². The lowest BCUT2D eigenvalue weighted by Crippen LogP contribution is -2.19. The second-order valence-corrected chi connectivity index (χ2v) is 1.60. The molecule has 1 heteroatoms. The Kier molecular flexibility index (Phi) is 2.47. The molecule has 0 fully saturated rings. The minimum atomic E-state index is 0.153. The van der Waals surface area contributed by atoms with Gasteiger partial charge in [0.05, 0.1) is 6.04 Å². The van der Waals surface area contributed by atoms with E-state index in [-0.39, 0.29) is 6.04 Å². The van der Waals surface area contributed by atoms with Crippen molar-refractivity contribution >= 4 is 0 Å². The van der Waals surface area contributed by atoms with Gasteiger partial charge in [-0.2, -0.15) is 0 Å². The molecular weight excluding hydrogens is 86.1 g/mol. The second-order valence-electron chi connectivity index (χ2n) is 1.60. The summed E-state index contributed by atoms with van der Waals surface area (Å²) in [5, 5.41) is 0. The Balaban J connectivity index is 3.40. The smallest absolute Gasteiger partial charge is 0.0681 e. The van der Waals surface area contributed by atoms with Crippen LogP contribution >= 0.6 is 0 Å². The van der Waals surface area contributed by atoms with Gasteiger partial charge in [-0.15, -0.1) is 6.42 Å². The maximum atomic E-state index is 5.04. The Morgan fingerprint density at radius 1 is 1.86 bits per heavy atom. The molecule has 1 radical (unpaired) electrons. The Bertz CT molecular complexity index is 78.7. The van der Waals surface area contributed by atoms with Crippen LogP contribution < -0.4 is 0 Å². The molecule has 0 heterocycles. The van der Waals surface area contributed by atoms with Gasteiger partial charge in [-0.3, -0.25) is 4.90 Å². The Morgan fingerprint density at radius 3 is 2.29 bits per heavy atom. The van der Waals surface area contributed by atoms with Gasteiger partial charge in [0, 0.05) is 7.05 Å². The summed E-state index contributed by atoms with van der Waals surface area (Å²) in [4.78, 5) is 1.74. The van der Waals surface area contributed by atoms with Crippen molar-refractivity contribution in [3.63, 3.8) is 0 Å². The Hall–Kier alpha value is -0.480. The highest BCUT2D eigenvalue weighted by molar-refractivity contribution is 4.95. The molecule has 39 valence electrons. The van der Waals surface area contributed by atoms with Crippen molar-refractivity contribution < 1.29 is 0 Å². The first-order valence-corrected chi connectivity index (χ1v) is 2.18. The summed E-state index contributed by atoms with van der Waals surface area (Å²) in [5.41, 5.74) is 0. The fourth-order valence-electron chi connectivity index (χ4n) is 0.127. The van der Waals surface area contributed by atoms with E-state index in [0.29, 0.717) is 0 Å². The molecule has 0 aliphatic heterocycles. The molecule has 0 aliphatic rings. The van der Waals surface area contributed by atoms with Crippen molar-refractivity contribution in [2.24, 2.45) is 0 Å². The molecule has 0 amide bonds. The van der Waals surface area contributed by atoms with Crippen LogP contribution in [0.15, 0.2) is 0 Å². The van der Waals surface area contributed by atoms with E-state index in [1.165, 1.54) is 0 Å². The minimum absolute atomic E-state index is 0.153. The van der Waals surface area contributed by atoms with Crippen LogP contribution in [0.25, 0.3) is 0 Å². The summed E-state index contributed by atoms with van der Waals surface area (Å²) >= 11 is 0. The van der Waals surface area contributed by atoms with Crippen LogP contribution in [0.4, 0.5) is 0 Å². The summed E-state index contributed by atoms with van der Waals surface area (Å²) < 4.78 is 0. The van der Waals surface area contributed by atoms with E-state index in [1.807, 2.05) is 14.0 Å². The fourth-order valence-corrected chi connectivity index (χ4v) is 0.127. The first kappa shape index (κ1) is 6.52. The van der Waals surface area contributed by atoms with Crippen LogP contribution in [0.3, 0.4) is 0 Å². The van der Waals surface area contributed by atoms with Gasteiger partial charge in [0.2, 0.25) is 0 Å². The predicted octanol–water partition coefficient (Wildman–Crippen LogP) is 0.731. The van der Waals surface area contributed by atoms with E-state index >= 15 is 0 Å². The van der Waals surface area contributed by atoms with Crippen molar-refractivity contribution in [2.45, 2.75) is 13.0 Å². The van der Waals surface area contributed by atoms with E-state index in [2.05, 4.69) is 13.0 Å². The van der Waals surface area contributed by atoms with Gasteiger partial charge < -0.3 is 0 Å². The van der Waals surface area contributed by atoms with Crippen LogP contribution in [0.5, 0.6) is 0 Å². The van der Waals surface area contributed by atoms with Gasteiger partial charge in [-0.05, 0) is 14.0 Å². The summed E-state index contributed by atoms with van der Waals surface area (Å²) in [6, 6.07) is 0.153. The molecule has 0 rings (SSSR count). The standard InChI is InChI=1S/C6H10N/c1-5-6(2)7(3)4/h1,6H,3H2,2,4H3. The van der Waals surface area contributed by atoms with Crippen molar-refractivity contribution in [3.8, 4) is 12.3 Å². The molecule has 0 spiro atoms. The highest BCUT2D eigenvalue weighted by Gasteiger charge is 1.94. The van der Waals surface area contributed by atoms with Gasteiger partial charge in [0.15, 0.2) is 0 Å². The van der Waals surface area contributed by atoms with Crippen molar-refractivity contribution in [1.29, 1.82) is 0 Å². The van der Waals surface area contributed by atoms with Gasteiger partial charge in [-0.25, -0.2) is 0 Å². The average molecular weight is 96.2 g/mol. The predicted molar refractivity (Wildman–Crippen MR) is 31.4 cm³/mol. The monoisotopic (exact) mass is 96.1 g/mol. The molecule has 0 aromatic heterocycles. The molecule has 7 heavy (non-hydrogen) atoms. The van der Waals surface area contributed by atoms with Gasteiger partial charge in [0.1, 0.15) is 0 Å². The summed E-state index contributed by atoms with van der Waals surface area (Å²) in [6.45, 7) is 1.92. The van der Waals surface area contributed by atoms with E-state index < -0.39 is 0 Å². The van der Waals surface area contributed by atoms with Crippen LogP contribution in [0.2, 0.25) is 0 Å². The maximum absolute atomic E-state index is 5.04. The normalized spacial score (nSPS) is 13.6. The molecule has 1 unspecified atom stereocenters. The Labute approximate surface area is 45.3 Å². The molecule has 0 aliphatic carbocycles. The van der Waals surface area contributed by atoms with Crippen LogP contribution in [0, 0.1) is 19.4 Å². The molecule has 1 nitrogen and oxygen atoms in total. The second kappa shape index (κ2) is 2.65. The third kappa shape index (κ3) is 2.24. The zero-order chi connectivity index (χ0) is 5.86. The molecule has 0 saturated carbocycles. The van der Waals surface area contributed by atoms with E-state index in [9.17, 15) is 0 Å². The summed E-state index contributed by atoms with van der Waals surface area (Å²) in [7, 11) is 5.45. The molecule has 0 N–H and O–H groups in total. The number of hydrogen-bond donors (Lipinski definition) is 0. The lowest BCUT2D eigenvalue weighted by molar-refractivity contribution is 0.413. The highest BCUT2D eigenvalue weighted by atomic mass is 15.1. The van der Waals surface area contributed by atoms with Gasteiger partial charge in [-0.1, -0.05) is 5.92 Å². The third-order valence-electron chi connectivity index (χ3n) is 0.902. The third-order valence-corrected chi connectivity index (χ3v) is 0.902. The number of terminal acetylenes is 1. The minimum Gasteiger partial charge on any atom is -0.292 e. The highest BCUT2D eigenvalue weighted by Crippen LogP contribution is 1.86. The zero-order valence-corrected chi connectivity index (χ0v) is 4.81. The fraction of sp³-hybridized carbons (Fsp3) is 0.500. The first-order chi connectivity index (χ1) is 3.18. The molecule has 1 atom stereocenters. The lowest BCUT2D eigenvalue weighted by atomic mass is 10.3. The largest absolute Gasteiger partial charge is 0.292 e.